The zero-order valence-corrected chi connectivity index (χ0v) is 21.0. The van der Waals surface area contributed by atoms with Gasteiger partial charge in [-0.3, -0.25) is 9.69 Å². The number of hydrogen-bond acceptors (Lipinski definition) is 8. The van der Waals surface area contributed by atoms with E-state index in [9.17, 15) is 27.6 Å². The molecule has 2 aromatic carbocycles. The van der Waals surface area contributed by atoms with E-state index in [-0.39, 0.29) is 6.42 Å². The molecule has 0 atom stereocenters. The number of rotatable bonds is 10. The number of aromatic nitrogens is 1. The Labute approximate surface area is 222 Å². The molecule has 1 saturated heterocycles. The SMILES string of the molecule is O=C(OC(=O)C(F)(F)F)c1cnc(C(=O)CCCC2CCN(Cc3cccc(Oc4ccccc4)c3)CC2)o1. The maximum absolute atomic E-state index is 12.3. The van der Waals surface area contributed by atoms with E-state index in [1.165, 1.54) is 5.56 Å². The molecule has 1 fully saturated rings. The number of likely N-dealkylation sites (tertiary alicyclic amines) is 1. The number of halogens is 3. The Balaban J connectivity index is 1.16. The highest BCUT2D eigenvalue weighted by Gasteiger charge is 2.43. The summed E-state index contributed by atoms with van der Waals surface area (Å²) in [4.78, 5) is 40.7. The highest BCUT2D eigenvalue weighted by molar-refractivity contribution is 5.97. The standard InChI is InChI=1S/C28H27F3N2O6/c29-28(30,31)27(36)39-26(35)24-17-32-25(38-24)23(34)11-5-6-19-12-14-33(15-13-19)18-20-7-4-10-22(16-20)37-21-8-2-1-3-9-21/h1-4,7-10,16-17,19H,5-6,11-15,18H2. The third-order valence-electron chi connectivity index (χ3n) is 6.37. The summed E-state index contributed by atoms with van der Waals surface area (Å²) in [7, 11) is 0. The second kappa shape index (κ2) is 12.7. The van der Waals surface area contributed by atoms with Crippen molar-refractivity contribution in [1.82, 2.24) is 9.88 Å². The molecule has 0 N–H and O–H groups in total. The van der Waals surface area contributed by atoms with Crippen molar-refractivity contribution in [3.05, 3.63) is 78.0 Å². The smallest absolute Gasteiger partial charge is 0.457 e. The summed E-state index contributed by atoms with van der Waals surface area (Å²) in [5.74, 6) is -3.92. The number of para-hydroxylation sites is 1. The van der Waals surface area contributed by atoms with Gasteiger partial charge in [-0.15, -0.1) is 0 Å². The van der Waals surface area contributed by atoms with Crippen molar-refractivity contribution in [3.63, 3.8) is 0 Å². The maximum atomic E-state index is 12.3. The van der Waals surface area contributed by atoms with Gasteiger partial charge < -0.3 is 13.9 Å². The Morgan fingerprint density at radius 1 is 1.00 bits per heavy atom. The lowest BCUT2D eigenvalue weighted by Gasteiger charge is -2.32. The summed E-state index contributed by atoms with van der Waals surface area (Å²) in [5.41, 5.74) is 1.17. The summed E-state index contributed by atoms with van der Waals surface area (Å²) >= 11 is 0. The Kier molecular flexibility index (Phi) is 9.13. The van der Waals surface area contributed by atoms with Crippen molar-refractivity contribution in [2.75, 3.05) is 13.1 Å². The number of oxazole rings is 1. The van der Waals surface area contributed by atoms with Crippen LogP contribution in [0.3, 0.4) is 0 Å². The average Bonchev–Trinajstić information content (AvgIpc) is 3.41. The van der Waals surface area contributed by atoms with Gasteiger partial charge in [0, 0.05) is 13.0 Å². The van der Waals surface area contributed by atoms with E-state index < -0.39 is 35.5 Å². The fraction of sp³-hybridized carbons (Fsp3) is 0.357. The van der Waals surface area contributed by atoms with Gasteiger partial charge in [-0.05, 0) is 74.5 Å². The molecule has 4 rings (SSSR count). The van der Waals surface area contributed by atoms with Crippen LogP contribution in [-0.2, 0) is 16.1 Å². The number of esters is 2. The number of ether oxygens (including phenoxy) is 2. The number of ketones is 1. The van der Waals surface area contributed by atoms with Gasteiger partial charge in [0.15, 0.2) is 0 Å². The molecular formula is C28H27F3N2O6. The van der Waals surface area contributed by atoms with Crippen LogP contribution >= 0.6 is 0 Å². The predicted octanol–water partition coefficient (Wildman–Crippen LogP) is 5.98. The lowest BCUT2D eigenvalue weighted by molar-refractivity contribution is -0.193. The Bertz CT molecular complexity index is 1280. The summed E-state index contributed by atoms with van der Waals surface area (Å²) < 4.78 is 51.2. The van der Waals surface area contributed by atoms with Gasteiger partial charge in [0.1, 0.15) is 11.5 Å². The van der Waals surface area contributed by atoms with Crippen LogP contribution in [-0.4, -0.2) is 46.9 Å². The van der Waals surface area contributed by atoms with Crippen LogP contribution in [0.4, 0.5) is 13.2 Å². The molecule has 1 aliphatic rings. The van der Waals surface area contributed by atoms with Crippen LogP contribution < -0.4 is 4.74 Å². The fourth-order valence-corrected chi connectivity index (χ4v) is 4.37. The zero-order chi connectivity index (χ0) is 27.8. The minimum Gasteiger partial charge on any atom is -0.457 e. The molecule has 0 radical (unpaired) electrons. The molecule has 0 amide bonds. The summed E-state index contributed by atoms with van der Waals surface area (Å²) in [6.07, 6.45) is -1.05. The number of Topliss-reactive ketones (excluding diaryl/α,β-unsaturated/α-hetero) is 1. The molecule has 1 aromatic heterocycles. The Morgan fingerprint density at radius 2 is 1.72 bits per heavy atom. The van der Waals surface area contributed by atoms with Crippen LogP contribution in [0.1, 0.15) is 58.9 Å². The second-order valence-electron chi connectivity index (χ2n) is 9.30. The van der Waals surface area contributed by atoms with Gasteiger partial charge in [0.2, 0.25) is 11.5 Å². The number of carbonyl (C=O) groups is 3. The van der Waals surface area contributed by atoms with E-state index >= 15 is 0 Å². The van der Waals surface area contributed by atoms with Crippen LogP contribution in [0.15, 0.2) is 65.2 Å². The molecule has 0 spiro atoms. The molecule has 0 aliphatic carbocycles. The third kappa shape index (κ3) is 8.25. The topological polar surface area (TPSA) is 98.9 Å². The highest BCUT2D eigenvalue weighted by Crippen LogP contribution is 2.26. The summed E-state index contributed by atoms with van der Waals surface area (Å²) in [6, 6.07) is 17.7. The van der Waals surface area contributed by atoms with Crippen LogP contribution in [0, 0.1) is 5.92 Å². The van der Waals surface area contributed by atoms with Crippen molar-refractivity contribution in [3.8, 4) is 11.5 Å². The third-order valence-corrected chi connectivity index (χ3v) is 6.37. The molecule has 206 valence electrons. The lowest BCUT2D eigenvalue weighted by Crippen LogP contribution is -2.33. The van der Waals surface area contributed by atoms with Crippen molar-refractivity contribution in [1.29, 1.82) is 0 Å². The van der Waals surface area contributed by atoms with E-state index in [1.54, 1.807) is 0 Å². The molecule has 8 nitrogen and oxygen atoms in total. The number of hydrogen-bond donors (Lipinski definition) is 0. The lowest BCUT2D eigenvalue weighted by atomic mass is 9.91. The molecule has 0 unspecified atom stereocenters. The molecule has 1 aliphatic heterocycles. The van der Waals surface area contributed by atoms with E-state index in [0.717, 1.165) is 56.6 Å². The monoisotopic (exact) mass is 544 g/mol. The number of carbonyl (C=O) groups excluding carboxylic acids is 3. The fourth-order valence-electron chi connectivity index (χ4n) is 4.37. The van der Waals surface area contributed by atoms with Gasteiger partial charge in [0.25, 0.3) is 5.89 Å². The van der Waals surface area contributed by atoms with Crippen LogP contribution in [0.5, 0.6) is 11.5 Å². The number of piperidine rings is 1. The Morgan fingerprint density at radius 3 is 2.44 bits per heavy atom. The minimum absolute atomic E-state index is 0.116. The predicted molar refractivity (Wildman–Crippen MR) is 132 cm³/mol. The summed E-state index contributed by atoms with van der Waals surface area (Å²) in [5, 5.41) is 0. The largest absolute Gasteiger partial charge is 0.491 e. The van der Waals surface area contributed by atoms with Gasteiger partial charge >= 0.3 is 18.1 Å². The number of benzene rings is 2. The first-order chi connectivity index (χ1) is 18.7. The molecule has 39 heavy (non-hydrogen) atoms. The molecule has 0 bridgehead atoms. The molecule has 0 saturated carbocycles. The first-order valence-electron chi connectivity index (χ1n) is 12.5. The van der Waals surface area contributed by atoms with E-state index in [2.05, 4.69) is 20.7 Å². The van der Waals surface area contributed by atoms with Crippen LogP contribution in [0.2, 0.25) is 0 Å². The quantitative estimate of drug-likeness (QED) is 0.175. The Hall–Kier alpha value is -3.99. The van der Waals surface area contributed by atoms with Crippen molar-refractivity contribution < 1.29 is 41.4 Å². The zero-order valence-electron chi connectivity index (χ0n) is 21.0. The van der Waals surface area contributed by atoms with Crippen LogP contribution in [0.25, 0.3) is 0 Å². The normalized spacial score (nSPS) is 14.6. The highest BCUT2D eigenvalue weighted by atomic mass is 19.4. The van der Waals surface area contributed by atoms with E-state index in [0.29, 0.717) is 12.3 Å². The average molecular weight is 545 g/mol. The van der Waals surface area contributed by atoms with Crippen molar-refractivity contribution >= 4 is 17.7 Å². The van der Waals surface area contributed by atoms with Gasteiger partial charge in [-0.1, -0.05) is 30.3 Å². The molecular weight excluding hydrogens is 517 g/mol. The first-order valence-corrected chi connectivity index (χ1v) is 12.5. The van der Waals surface area contributed by atoms with E-state index in [4.69, 9.17) is 9.15 Å². The maximum Gasteiger partial charge on any atom is 0.491 e. The van der Waals surface area contributed by atoms with Gasteiger partial charge in [0.05, 0.1) is 6.20 Å². The van der Waals surface area contributed by atoms with Crippen molar-refractivity contribution in [2.24, 2.45) is 5.92 Å². The first kappa shape index (κ1) is 28.0. The number of alkyl halides is 3. The van der Waals surface area contributed by atoms with Gasteiger partial charge in [-0.25, -0.2) is 14.6 Å². The van der Waals surface area contributed by atoms with Gasteiger partial charge in [-0.2, -0.15) is 13.2 Å². The minimum atomic E-state index is -5.33. The molecule has 3 aromatic rings. The molecule has 11 heteroatoms. The number of nitrogens with zero attached hydrogens (tertiary/aromatic N) is 2. The van der Waals surface area contributed by atoms with Crippen molar-refractivity contribution in [2.45, 2.75) is 44.8 Å². The second-order valence-corrected chi connectivity index (χ2v) is 9.30. The summed E-state index contributed by atoms with van der Waals surface area (Å²) in [6.45, 7) is 2.69. The molecule has 2 heterocycles. The van der Waals surface area contributed by atoms with E-state index in [1.807, 2.05) is 48.5 Å².